The van der Waals surface area contributed by atoms with Gasteiger partial charge in [0.05, 0.1) is 6.54 Å². The highest BCUT2D eigenvalue weighted by atomic mass is 16.2. The molecule has 0 aromatic heterocycles. The van der Waals surface area contributed by atoms with E-state index in [-0.39, 0.29) is 11.9 Å². The molecule has 20 heavy (non-hydrogen) atoms. The number of nitrogens with two attached hydrogens (primary N) is 1. The zero-order valence-corrected chi connectivity index (χ0v) is 12.9. The molecule has 0 heterocycles. The maximum Gasteiger partial charge on any atom is 0.234 e. The topological polar surface area (TPSA) is 58.4 Å². The molecule has 112 valence electrons. The summed E-state index contributed by atoms with van der Waals surface area (Å²) in [4.78, 5) is 14.1. The molecule has 0 saturated heterocycles. The summed E-state index contributed by atoms with van der Waals surface area (Å²) in [6.45, 7) is 8.32. The van der Waals surface area contributed by atoms with E-state index in [0.29, 0.717) is 6.54 Å². The van der Waals surface area contributed by atoms with E-state index in [1.165, 1.54) is 0 Å². The number of rotatable bonds is 8. The lowest BCUT2D eigenvalue weighted by molar-refractivity contribution is -0.123. The van der Waals surface area contributed by atoms with Crippen molar-refractivity contribution in [2.75, 3.05) is 18.8 Å². The van der Waals surface area contributed by atoms with Gasteiger partial charge in [-0.1, -0.05) is 26.0 Å². The van der Waals surface area contributed by atoms with Gasteiger partial charge < -0.3 is 11.1 Å². The lowest BCUT2D eigenvalue weighted by atomic mass is 10.2. The Morgan fingerprint density at radius 1 is 1.40 bits per heavy atom. The van der Waals surface area contributed by atoms with Gasteiger partial charge in [-0.15, -0.1) is 0 Å². The fraction of sp³-hybridized carbons (Fsp3) is 0.562. The van der Waals surface area contributed by atoms with Crippen LogP contribution in [0.2, 0.25) is 0 Å². The molecule has 3 N–H and O–H groups in total. The third-order valence-corrected chi connectivity index (χ3v) is 3.28. The van der Waals surface area contributed by atoms with Crippen LogP contribution in [-0.2, 0) is 11.3 Å². The number of benzene rings is 1. The van der Waals surface area contributed by atoms with Gasteiger partial charge in [0.15, 0.2) is 0 Å². The van der Waals surface area contributed by atoms with Crippen LogP contribution in [0.5, 0.6) is 0 Å². The summed E-state index contributed by atoms with van der Waals surface area (Å²) in [6.07, 6.45) is 1.98. The largest absolute Gasteiger partial charge is 0.399 e. The Bertz CT molecular complexity index is 420. The molecule has 1 aromatic rings. The van der Waals surface area contributed by atoms with Crippen molar-refractivity contribution in [1.82, 2.24) is 10.2 Å². The molecule has 0 radical (unpaired) electrons. The SMILES string of the molecule is CCCN(CC(=O)NC(C)CC)Cc1cccc(N)c1. The first-order valence-electron chi connectivity index (χ1n) is 7.41. The maximum atomic E-state index is 12.0. The molecule has 0 aliphatic carbocycles. The van der Waals surface area contributed by atoms with E-state index in [1.807, 2.05) is 31.2 Å². The van der Waals surface area contributed by atoms with Crippen LogP contribution in [0.1, 0.15) is 39.2 Å². The van der Waals surface area contributed by atoms with Gasteiger partial charge >= 0.3 is 0 Å². The second-order valence-electron chi connectivity index (χ2n) is 5.33. The lowest BCUT2D eigenvalue weighted by Gasteiger charge is -2.22. The van der Waals surface area contributed by atoms with Crippen LogP contribution in [0, 0.1) is 0 Å². The summed E-state index contributed by atoms with van der Waals surface area (Å²) in [5.41, 5.74) is 7.71. The Hall–Kier alpha value is -1.55. The Labute approximate surface area is 122 Å². The van der Waals surface area contributed by atoms with Gasteiger partial charge in [0.2, 0.25) is 5.91 Å². The smallest absolute Gasteiger partial charge is 0.234 e. The highest BCUT2D eigenvalue weighted by Crippen LogP contribution is 2.10. The fourth-order valence-corrected chi connectivity index (χ4v) is 2.11. The molecule has 1 atom stereocenters. The predicted octanol–water partition coefficient (Wildman–Crippen LogP) is 2.40. The van der Waals surface area contributed by atoms with Crippen molar-refractivity contribution in [2.45, 2.75) is 46.2 Å². The molecule has 1 amide bonds. The van der Waals surface area contributed by atoms with Gasteiger partial charge in [0.1, 0.15) is 0 Å². The minimum Gasteiger partial charge on any atom is -0.399 e. The van der Waals surface area contributed by atoms with Crippen LogP contribution in [0.25, 0.3) is 0 Å². The highest BCUT2D eigenvalue weighted by Gasteiger charge is 2.12. The average molecular weight is 277 g/mol. The van der Waals surface area contributed by atoms with Gasteiger partial charge in [0, 0.05) is 18.3 Å². The molecule has 1 unspecified atom stereocenters. The maximum absolute atomic E-state index is 12.0. The number of anilines is 1. The normalized spacial score (nSPS) is 12.4. The third kappa shape index (κ3) is 6.06. The first-order valence-corrected chi connectivity index (χ1v) is 7.41. The van der Waals surface area contributed by atoms with Gasteiger partial charge in [-0.2, -0.15) is 0 Å². The van der Waals surface area contributed by atoms with Crippen LogP contribution in [0.3, 0.4) is 0 Å². The van der Waals surface area contributed by atoms with Crippen molar-refractivity contribution in [3.05, 3.63) is 29.8 Å². The van der Waals surface area contributed by atoms with E-state index in [4.69, 9.17) is 5.73 Å². The van der Waals surface area contributed by atoms with Crippen molar-refractivity contribution >= 4 is 11.6 Å². The molecule has 1 rings (SSSR count). The van der Waals surface area contributed by atoms with Crippen molar-refractivity contribution in [3.8, 4) is 0 Å². The van der Waals surface area contributed by atoms with E-state index in [0.717, 1.165) is 37.2 Å². The van der Waals surface area contributed by atoms with E-state index < -0.39 is 0 Å². The summed E-state index contributed by atoms with van der Waals surface area (Å²) < 4.78 is 0. The second kappa shape index (κ2) is 8.59. The quantitative estimate of drug-likeness (QED) is 0.717. The van der Waals surface area contributed by atoms with E-state index in [9.17, 15) is 4.79 Å². The van der Waals surface area contributed by atoms with Crippen LogP contribution in [0.4, 0.5) is 5.69 Å². The van der Waals surface area contributed by atoms with Crippen molar-refractivity contribution in [3.63, 3.8) is 0 Å². The van der Waals surface area contributed by atoms with E-state index in [1.54, 1.807) is 0 Å². The fourth-order valence-electron chi connectivity index (χ4n) is 2.11. The van der Waals surface area contributed by atoms with E-state index >= 15 is 0 Å². The van der Waals surface area contributed by atoms with Crippen molar-refractivity contribution in [2.24, 2.45) is 0 Å². The number of carbonyl (C=O) groups is 1. The molecule has 1 aromatic carbocycles. The van der Waals surface area contributed by atoms with Crippen LogP contribution < -0.4 is 11.1 Å². The number of hydrogen-bond acceptors (Lipinski definition) is 3. The van der Waals surface area contributed by atoms with Gasteiger partial charge in [-0.25, -0.2) is 0 Å². The average Bonchev–Trinajstić information content (AvgIpc) is 2.38. The summed E-state index contributed by atoms with van der Waals surface area (Å²) >= 11 is 0. The minimum absolute atomic E-state index is 0.0942. The summed E-state index contributed by atoms with van der Waals surface area (Å²) in [5, 5.41) is 3.01. The first kappa shape index (κ1) is 16.5. The van der Waals surface area contributed by atoms with Crippen molar-refractivity contribution < 1.29 is 4.79 Å². The molecular formula is C16H27N3O. The number of nitrogen functional groups attached to an aromatic ring is 1. The number of hydrogen-bond donors (Lipinski definition) is 2. The van der Waals surface area contributed by atoms with E-state index in [2.05, 4.69) is 24.1 Å². The molecule has 0 fully saturated rings. The molecule has 0 spiro atoms. The first-order chi connectivity index (χ1) is 9.55. The molecule has 4 nitrogen and oxygen atoms in total. The summed E-state index contributed by atoms with van der Waals surface area (Å²) in [5.74, 6) is 0.0942. The molecule has 0 saturated carbocycles. The Morgan fingerprint density at radius 2 is 2.15 bits per heavy atom. The minimum atomic E-state index is 0.0942. The molecule has 0 bridgehead atoms. The monoisotopic (exact) mass is 277 g/mol. The molecule has 0 aliphatic rings. The highest BCUT2D eigenvalue weighted by molar-refractivity contribution is 5.78. The zero-order chi connectivity index (χ0) is 15.0. The second-order valence-corrected chi connectivity index (χ2v) is 5.33. The number of amides is 1. The Balaban J connectivity index is 2.58. The number of nitrogens with one attached hydrogen (secondary N) is 1. The summed E-state index contributed by atoms with van der Waals surface area (Å²) in [7, 11) is 0. The van der Waals surface area contributed by atoms with Crippen LogP contribution in [0.15, 0.2) is 24.3 Å². The molecule has 0 aliphatic heterocycles. The zero-order valence-electron chi connectivity index (χ0n) is 12.9. The number of carbonyl (C=O) groups excluding carboxylic acids is 1. The molecular weight excluding hydrogens is 250 g/mol. The van der Waals surface area contributed by atoms with Gasteiger partial charge in [-0.3, -0.25) is 9.69 Å². The van der Waals surface area contributed by atoms with Crippen molar-refractivity contribution in [1.29, 1.82) is 0 Å². The lowest BCUT2D eigenvalue weighted by Crippen LogP contribution is -2.40. The van der Waals surface area contributed by atoms with Crippen LogP contribution in [-0.4, -0.2) is 29.9 Å². The van der Waals surface area contributed by atoms with Gasteiger partial charge in [0.25, 0.3) is 0 Å². The Kier molecular flexibility index (Phi) is 7.09. The van der Waals surface area contributed by atoms with Gasteiger partial charge in [-0.05, 0) is 44.0 Å². The molecule has 4 heteroatoms. The third-order valence-electron chi connectivity index (χ3n) is 3.28. The predicted molar refractivity (Wildman–Crippen MR) is 84.3 cm³/mol. The summed E-state index contributed by atoms with van der Waals surface area (Å²) in [6, 6.07) is 8.08. The Morgan fingerprint density at radius 3 is 2.75 bits per heavy atom. The van der Waals surface area contributed by atoms with Crippen LogP contribution >= 0.6 is 0 Å². The standard InChI is InChI=1S/C16H27N3O/c1-4-9-19(12-16(20)18-13(3)5-2)11-14-7-6-8-15(17)10-14/h6-8,10,13H,4-5,9,11-12,17H2,1-3H3,(H,18,20). The number of nitrogens with zero attached hydrogens (tertiary/aromatic N) is 1.